The van der Waals surface area contributed by atoms with Gasteiger partial charge in [-0.2, -0.15) is 0 Å². The number of aliphatic hydroxyl groups excluding tert-OH is 1. The molecule has 20 heavy (non-hydrogen) atoms. The van der Waals surface area contributed by atoms with Gasteiger partial charge in [-0.3, -0.25) is 0 Å². The third-order valence-electron chi connectivity index (χ3n) is 4.77. The molecule has 0 saturated heterocycles. The van der Waals surface area contributed by atoms with Gasteiger partial charge in [0, 0.05) is 17.0 Å². The lowest BCUT2D eigenvalue weighted by atomic mass is 9.59. The molecule has 1 aromatic carbocycles. The monoisotopic (exact) mass is 299 g/mol. The van der Waals surface area contributed by atoms with E-state index in [0.717, 1.165) is 24.8 Å². The molecule has 0 aromatic heterocycles. The minimum atomic E-state index is -0.506. The molecule has 1 fully saturated rings. The number of rotatable bonds is 3. The van der Waals surface area contributed by atoms with Crippen molar-refractivity contribution < 1.29 is 9.50 Å². The van der Waals surface area contributed by atoms with Crippen LogP contribution in [0.5, 0.6) is 0 Å². The summed E-state index contributed by atoms with van der Waals surface area (Å²) in [6.45, 7) is 4.51. The van der Waals surface area contributed by atoms with Gasteiger partial charge in [-0.05, 0) is 48.4 Å². The van der Waals surface area contributed by atoms with Gasteiger partial charge in [-0.15, -0.1) is 0 Å². The Balaban J connectivity index is 2.34. The maximum absolute atomic E-state index is 13.4. The summed E-state index contributed by atoms with van der Waals surface area (Å²) < 4.78 is 13.4. The molecule has 0 aliphatic heterocycles. The minimum absolute atomic E-state index is 0.169. The lowest BCUT2D eigenvalue weighted by Crippen LogP contribution is -2.53. The molecule has 112 valence electrons. The molecule has 1 aliphatic carbocycles. The Kier molecular flexibility index (Phi) is 4.43. The highest BCUT2D eigenvalue weighted by molar-refractivity contribution is 6.31. The minimum Gasteiger partial charge on any atom is -0.392 e. The Morgan fingerprint density at radius 2 is 2.10 bits per heavy atom. The SMILES string of the molecule is CC1(C)CCCC(CN)(Cc2cc(F)ccc2Cl)C1O. The molecule has 3 N–H and O–H groups in total. The second-order valence-electron chi connectivity index (χ2n) is 6.72. The largest absolute Gasteiger partial charge is 0.392 e. The standard InChI is InChI=1S/C16H23ClFNO/c1-15(2)6-3-7-16(10-19,14(15)20)9-11-8-12(18)4-5-13(11)17/h4-5,8,14,20H,3,6-7,9-10,19H2,1-2H3. The van der Waals surface area contributed by atoms with Gasteiger partial charge in [0.25, 0.3) is 0 Å². The summed E-state index contributed by atoms with van der Waals surface area (Å²) in [5, 5.41) is 11.3. The van der Waals surface area contributed by atoms with Crippen LogP contribution in [0.25, 0.3) is 0 Å². The number of halogens is 2. The summed E-state index contributed by atoms with van der Waals surface area (Å²) in [6, 6.07) is 4.37. The molecule has 2 nitrogen and oxygen atoms in total. The summed E-state index contributed by atoms with van der Waals surface area (Å²) in [5.41, 5.74) is 6.13. The number of benzene rings is 1. The molecule has 1 aliphatic rings. The third kappa shape index (κ3) is 2.85. The predicted octanol–water partition coefficient (Wildman–Crippen LogP) is 3.54. The molecule has 4 heteroatoms. The van der Waals surface area contributed by atoms with Gasteiger partial charge in [0.15, 0.2) is 0 Å². The van der Waals surface area contributed by atoms with Crippen LogP contribution in [0.2, 0.25) is 5.02 Å². The van der Waals surface area contributed by atoms with Crippen LogP contribution in [0.15, 0.2) is 18.2 Å². The van der Waals surface area contributed by atoms with E-state index < -0.39 is 11.5 Å². The van der Waals surface area contributed by atoms with Crippen molar-refractivity contribution >= 4 is 11.6 Å². The molecule has 0 amide bonds. The second kappa shape index (κ2) is 5.63. The van der Waals surface area contributed by atoms with Crippen molar-refractivity contribution in [1.82, 2.24) is 0 Å². The zero-order chi connectivity index (χ0) is 15.0. The fourth-order valence-electron chi connectivity index (χ4n) is 3.53. The highest BCUT2D eigenvalue weighted by atomic mass is 35.5. The average molecular weight is 300 g/mol. The average Bonchev–Trinajstić information content (AvgIpc) is 2.39. The topological polar surface area (TPSA) is 46.2 Å². The first-order valence-corrected chi connectivity index (χ1v) is 7.51. The maximum atomic E-state index is 13.4. The van der Waals surface area contributed by atoms with E-state index in [0.29, 0.717) is 18.0 Å². The van der Waals surface area contributed by atoms with E-state index in [9.17, 15) is 9.50 Å². The van der Waals surface area contributed by atoms with Gasteiger partial charge < -0.3 is 10.8 Å². The summed E-state index contributed by atoms with van der Waals surface area (Å²) >= 11 is 6.16. The lowest BCUT2D eigenvalue weighted by Gasteiger charge is -2.49. The maximum Gasteiger partial charge on any atom is 0.123 e. The van der Waals surface area contributed by atoms with E-state index in [4.69, 9.17) is 17.3 Å². The molecule has 2 rings (SSSR count). The van der Waals surface area contributed by atoms with Crippen LogP contribution in [-0.2, 0) is 6.42 Å². The van der Waals surface area contributed by atoms with Crippen LogP contribution >= 0.6 is 11.6 Å². The van der Waals surface area contributed by atoms with Crippen LogP contribution in [-0.4, -0.2) is 17.8 Å². The van der Waals surface area contributed by atoms with Crippen LogP contribution in [0.1, 0.15) is 38.7 Å². The van der Waals surface area contributed by atoms with Crippen molar-refractivity contribution in [3.05, 3.63) is 34.6 Å². The van der Waals surface area contributed by atoms with E-state index in [1.807, 2.05) is 0 Å². The van der Waals surface area contributed by atoms with Gasteiger partial charge in [0.1, 0.15) is 5.82 Å². The van der Waals surface area contributed by atoms with Crippen LogP contribution in [0.4, 0.5) is 4.39 Å². The molecule has 0 radical (unpaired) electrons. The lowest BCUT2D eigenvalue weighted by molar-refractivity contribution is -0.0884. The summed E-state index contributed by atoms with van der Waals surface area (Å²) in [5.74, 6) is -0.305. The van der Waals surface area contributed by atoms with Gasteiger partial charge in [0.2, 0.25) is 0 Å². The van der Waals surface area contributed by atoms with Crippen molar-refractivity contribution in [1.29, 1.82) is 0 Å². The van der Waals surface area contributed by atoms with E-state index in [1.54, 1.807) is 6.07 Å². The number of aliphatic hydroxyl groups is 1. The Morgan fingerprint density at radius 1 is 1.40 bits per heavy atom. The zero-order valence-electron chi connectivity index (χ0n) is 12.1. The van der Waals surface area contributed by atoms with Crippen molar-refractivity contribution in [3.63, 3.8) is 0 Å². The van der Waals surface area contributed by atoms with Gasteiger partial charge in [0.05, 0.1) is 6.10 Å². The van der Waals surface area contributed by atoms with Crippen LogP contribution in [0.3, 0.4) is 0 Å². The third-order valence-corrected chi connectivity index (χ3v) is 5.14. The highest BCUT2D eigenvalue weighted by Gasteiger charge is 2.47. The predicted molar refractivity (Wildman–Crippen MR) is 80.2 cm³/mol. The smallest absolute Gasteiger partial charge is 0.123 e. The number of hydrogen-bond donors (Lipinski definition) is 2. The van der Waals surface area contributed by atoms with Crippen molar-refractivity contribution in [2.75, 3.05) is 6.54 Å². The fraction of sp³-hybridized carbons (Fsp3) is 0.625. The Morgan fingerprint density at radius 3 is 2.75 bits per heavy atom. The van der Waals surface area contributed by atoms with E-state index in [2.05, 4.69) is 13.8 Å². The number of nitrogens with two attached hydrogens (primary N) is 1. The Labute approximate surface area is 125 Å². The quantitative estimate of drug-likeness (QED) is 0.897. The van der Waals surface area contributed by atoms with Gasteiger partial charge in [-0.25, -0.2) is 4.39 Å². The molecule has 1 saturated carbocycles. The zero-order valence-corrected chi connectivity index (χ0v) is 12.9. The van der Waals surface area contributed by atoms with Crippen LogP contribution in [0, 0.1) is 16.6 Å². The fourth-order valence-corrected chi connectivity index (χ4v) is 3.71. The van der Waals surface area contributed by atoms with Gasteiger partial charge in [-0.1, -0.05) is 31.9 Å². The second-order valence-corrected chi connectivity index (χ2v) is 7.13. The normalized spacial score (nSPS) is 29.4. The molecular weight excluding hydrogens is 277 g/mol. The molecule has 0 spiro atoms. The first-order chi connectivity index (χ1) is 9.31. The van der Waals surface area contributed by atoms with Crippen LogP contribution < -0.4 is 5.73 Å². The molecule has 2 atom stereocenters. The van der Waals surface area contributed by atoms with Crippen molar-refractivity contribution in [2.24, 2.45) is 16.6 Å². The van der Waals surface area contributed by atoms with E-state index in [-0.39, 0.29) is 11.2 Å². The molecule has 0 bridgehead atoms. The Bertz CT molecular complexity index is 491. The summed E-state index contributed by atoms with van der Waals surface area (Å²) in [7, 11) is 0. The van der Waals surface area contributed by atoms with Crippen molar-refractivity contribution in [3.8, 4) is 0 Å². The highest BCUT2D eigenvalue weighted by Crippen LogP contribution is 2.48. The molecule has 2 unspecified atom stereocenters. The van der Waals surface area contributed by atoms with Gasteiger partial charge >= 0.3 is 0 Å². The molecular formula is C16H23ClFNO. The van der Waals surface area contributed by atoms with Crippen molar-refractivity contribution in [2.45, 2.75) is 45.6 Å². The Hall–Kier alpha value is -0.640. The molecule has 1 aromatic rings. The molecule has 0 heterocycles. The summed E-state index contributed by atoms with van der Waals surface area (Å²) in [4.78, 5) is 0. The first-order valence-electron chi connectivity index (χ1n) is 7.13. The number of hydrogen-bond acceptors (Lipinski definition) is 2. The first kappa shape index (κ1) is 15.7. The van der Waals surface area contributed by atoms with E-state index in [1.165, 1.54) is 12.1 Å². The summed E-state index contributed by atoms with van der Waals surface area (Å²) in [6.07, 6.45) is 2.86. The van der Waals surface area contributed by atoms with E-state index >= 15 is 0 Å².